The highest BCUT2D eigenvalue weighted by molar-refractivity contribution is 6.43. The van der Waals surface area contributed by atoms with Gasteiger partial charge in [0.05, 0.1) is 31.8 Å². The number of unbranched alkanes of at least 4 members (excludes halogenated alkanes) is 1. The number of hydrogen-bond acceptors (Lipinski definition) is 10. The van der Waals surface area contributed by atoms with Gasteiger partial charge in [-0.2, -0.15) is 0 Å². The Morgan fingerprint density at radius 3 is 2.55 bits per heavy atom. The van der Waals surface area contributed by atoms with Crippen molar-refractivity contribution >= 4 is 36.7 Å². The zero-order valence-corrected chi connectivity index (χ0v) is 22.2. The molecule has 15 nitrogen and oxygen atoms in total. The lowest BCUT2D eigenvalue weighted by Crippen LogP contribution is -2.53. The van der Waals surface area contributed by atoms with Crippen LogP contribution in [-0.2, 0) is 28.7 Å². The second kappa shape index (κ2) is 18.5. The average molecular weight is 543 g/mol. The van der Waals surface area contributed by atoms with Gasteiger partial charge in [0, 0.05) is 26.6 Å². The second-order valence-electron chi connectivity index (χ2n) is 8.95. The monoisotopic (exact) mass is 543 g/mol. The van der Waals surface area contributed by atoms with E-state index in [0.717, 1.165) is 0 Å². The average Bonchev–Trinajstić information content (AvgIpc) is 3.34. The van der Waals surface area contributed by atoms with E-state index >= 15 is 0 Å². The first-order chi connectivity index (χ1) is 18.0. The predicted molar refractivity (Wildman–Crippen MR) is 139 cm³/mol. The first-order valence-electron chi connectivity index (χ1n) is 12.7. The Balaban J connectivity index is 2.05. The van der Waals surface area contributed by atoms with E-state index in [4.69, 9.17) is 20.9 Å². The van der Waals surface area contributed by atoms with E-state index in [2.05, 4.69) is 20.9 Å². The first-order valence-corrected chi connectivity index (χ1v) is 12.7. The van der Waals surface area contributed by atoms with Gasteiger partial charge < -0.3 is 46.5 Å². The molecule has 1 aliphatic heterocycles. The van der Waals surface area contributed by atoms with Crippen molar-refractivity contribution in [1.29, 1.82) is 0 Å². The van der Waals surface area contributed by atoms with Crippen LogP contribution in [0.3, 0.4) is 0 Å². The molecule has 216 valence electrons. The molecule has 1 aliphatic rings. The summed E-state index contributed by atoms with van der Waals surface area (Å²) < 4.78 is 10.6. The Morgan fingerprint density at radius 2 is 1.87 bits per heavy atom. The molecular formula is C22H42BN7O8. The van der Waals surface area contributed by atoms with Gasteiger partial charge in [-0.05, 0) is 39.0 Å². The highest BCUT2D eigenvalue weighted by Gasteiger charge is 2.38. The Bertz CT molecular complexity index is 802. The number of ether oxygens (including phenoxy) is 2. The van der Waals surface area contributed by atoms with Crippen LogP contribution in [-0.4, -0.2) is 116 Å². The molecule has 0 aromatic rings. The van der Waals surface area contributed by atoms with Crippen molar-refractivity contribution < 1.29 is 38.7 Å². The van der Waals surface area contributed by atoms with Gasteiger partial charge in [0.1, 0.15) is 12.6 Å². The summed E-state index contributed by atoms with van der Waals surface area (Å²) in [5, 5.41) is 26.4. The summed E-state index contributed by atoms with van der Waals surface area (Å²) in [7, 11) is -1.61. The molecule has 1 heterocycles. The Labute approximate surface area is 223 Å². The summed E-state index contributed by atoms with van der Waals surface area (Å²) in [4.78, 5) is 52.7. The SMILES string of the molecule is CC(=O)NC(N)=NCCCC[C@H](N)C(=O)NCCOCCOCC(=O)N[C@H](C)C(=O)N1CCCC1B(O)O. The van der Waals surface area contributed by atoms with Gasteiger partial charge in [-0.25, -0.2) is 0 Å². The fraction of sp³-hybridized carbons (Fsp3) is 0.773. The molecule has 0 spiro atoms. The molecule has 0 bridgehead atoms. The zero-order chi connectivity index (χ0) is 28.5. The largest absolute Gasteiger partial charge is 0.475 e. The Kier molecular flexibility index (Phi) is 16.2. The van der Waals surface area contributed by atoms with E-state index in [1.165, 1.54) is 18.7 Å². The van der Waals surface area contributed by atoms with Crippen LogP contribution in [0.1, 0.15) is 46.0 Å². The fourth-order valence-corrected chi connectivity index (χ4v) is 3.76. The third-order valence-electron chi connectivity index (χ3n) is 5.67. The number of aliphatic imine (C=N–C) groups is 1. The van der Waals surface area contributed by atoms with Crippen LogP contribution in [0, 0.1) is 0 Å². The number of carbonyl (C=O) groups excluding carboxylic acids is 4. The summed E-state index contributed by atoms with van der Waals surface area (Å²) in [6.07, 6.45) is 2.99. The van der Waals surface area contributed by atoms with E-state index < -0.39 is 31.1 Å². The summed E-state index contributed by atoms with van der Waals surface area (Å²) in [5.74, 6) is -2.04. The smallest absolute Gasteiger partial charge is 0.426 e. The van der Waals surface area contributed by atoms with Crippen LogP contribution < -0.4 is 27.4 Å². The summed E-state index contributed by atoms with van der Waals surface area (Å²) in [6, 6.07) is -1.48. The molecule has 0 aromatic heterocycles. The van der Waals surface area contributed by atoms with Crippen LogP contribution in [0.5, 0.6) is 0 Å². The van der Waals surface area contributed by atoms with Crippen LogP contribution in [0.4, 0.5) is 0 Å². The fourth-order valence-electron chi connectivity index (χ4n) is 3.76. The van der Waals surface area contributed by atoms with Crippen LogP contribution >= 0.6 is 0 Å². The highest BCUT2D eigenvalue weighted by Crippen LogP contribution is 2.19. The lowest BCUT2D eigenvalue weighted by molar-refractivity contribution is -0.137. The Hall–Kier alpha value is -2.79. The molecular weight excluding hydrogens is 501 g/mol. The minimum absolute atomic E-state index is 0.0621. The van der Waals surface area contributed by atoms with E-state index in [1.54, 1.807) is 0 Å². The summed E-state index contributed by atoms with van der Waals surface area (Å²) in [6.45, 7) is 4.30. The molecule has 1 fully saturated rings. The number of nitrogens with one attached hydrogen (secondary N) is 3. The van der Waals surface area contributed by atoms with E-state index in [0.29, 0.717) is 45.2 Å². The lowest BCUT2D eigenvalue weighted by atomic mass is 9.78. The highest BCUT2D eigenvalue weighted by atomic mass is 16.5. The number of nitrogens with zero attached hydrogens (tertiary/aromatic N) is 2. The van der Waals surface area contributed by atoms with E-state index in [9.17, 15) is 29.2 Å². The molecule has 1 rings (SSSR count). The number of rotatable bonds is 17. The molecule has 1 saturated heterocycles. The second-order valence-corrected chi connectivity index (χ2v) is 8.95. The van der Waals surface area contributed by atoms with Crippen LogP contribution in [0.2, 0.25) is 0 Å². The maximum absolute atomic E-state index is 12.5. The minimum atomic E-state index is -1.61. The van der Waals surface area contributed by atoms with Gasteiger partial charge in [0.15, 0.2) is 5.96 Å². The molecule has 0 aromatic carbocycles. The van der Waals surface area contributed by atoms with Crippen LogP contribution in [0.15, 0.2) is 4.99 Å². The number of amides is 4. The van der Waals surface area contributed by atoms with Crippen molar-refractivity contribution in [2.45, 2.75) is 64.0 Å². The van der Waals surface area contributed by atoms with Crippen molar-refractivity contribution in [1.82, 2.24) is 20.9 Å². The third kappa shape index (κ3) is 13.7. The molecule has 4 amide bonds. The molecule has 0 saturated carbocycles. The normalized spacial score (nSPS) is 17.0. The first kappa shape index (κ1) is 33.2. The van der Waals surface area contributed by atoms with E-state index in [-0.39, 0.29) is 56.7 Å². The molecule has 1 unspecified atom stereocenters. The number of nitrogens with two attached hydrogens (primary N) is 2. The maximum atomic E-state index is 12.5. The predicted octanol–water partition coefficient (Wildman–Crippen LogP) is -3.41. The van der Waals surface area contributed by atoms with Gasteiger partial charge in [-0.3, -0.25) is 29.5 Å². The number of likely N-dealkylation sites (tertiary alicyclic amines) is 1. The van der Waals surface area contributed by atoms with Crippen LogP contribution in [0.25, 0.3) is 0 Å². The van der Waals surface area contributed by atoms with Gasteiger partial charge >= 0.3 is 7.12 Å². The molecule has 16 heteroatoms. The van der Waals surface area contributed by atoms with Gasteiger partial charge in [-0.1, -0.05) is 0 Å². The molecule has 0 radical (unpaired) electrons. The lowest BCUT2D eigenvalue weighted by Gasteiger charge is -2.27. The number of hydrogen-bond donors (Lipinski definition) is 7. The maximum Gasteiger partial charge on any atom is 0.475 e. The third-order valence-corrected chi connectivity index (χ3v) is 5.67. The van der Waals surface area contributed by atoms with Crippen molar-refractivity contribution in [3.63, 3.8) is 0 Å². The quantitative estimate of drug-likeness (QED) is 0.0416. The molecule has 3 atom stereocenters. The van der Waals surface area contributed by atoms with Crippen molar-refractivity contribution in [3.05, 3.63) is 0 Å². The minimum Gasteiger partial charge on any atom is -0.426 e. The number of guanidine groups is 1. The molecule has 38 heavy (non-hydrogen) atoms. The zero-order valence-electron chi connectivity index (χ0n) is 22.2. The van der Waals surface area contributed by atoms with Gasteiger partial charge in [0.2, 0.25) is 23.6 Å². The van der Waals surface area contributed by atoms with E-state index in [1.807, 2.05) is 0 Å². The number of carbonyl (C=O) groups is 4. The topological polar surface area (TPSA) is 231 Å². The van der Waals surface area contributed by atoms with Crippen molar-refractivity contribution in [2.24, 2.45) is 16.5 Å². The van der Waals surface area contributed by atoms with Gasteiger partial charge in [0.25, 0.3) is 0 Å². The summed E-state index contributed by atoms with van der Waals surface area (Å²) in [5.41, 5.74) is 11.4. The summed E-state index contributed by atoms with van der Waals surface area (Å²) >= 11 is 0. The standard InChI is InChI=1S/C22H42BN7O8/c1-15(21(34)30-10-5-7-18(30)23(35)36)28-19(32)14-38-13-12-37-11-9-26-20(33)17(24)6-3-4-8-27-22(25)29-16(2)31/h15,17-18,35-36H,3-14,24H2,1-2H3,(H,26,33)(H,28,32)(H3,25,27,29,31)/t15-,17+,18?/m1/s1. The molecule has 0 aliphatic carbocycles. The molecule has 9 N–H and O–H groups in total. The Morgan fingerprint density at radius 1 is 1.16 bits per heavy atom. The van der Waals surface area contributed by atoms with Crippen molar-refractivity contribution in [3.8, 4) is 0 Å². The van der Waals surface area contributed by atoms with Crippen molar-refractivity contribution in [2.75, 3.05) is 46.1 Å². The van der Waals surface area contributed by atoms with Gasteiger partial charge in [-0.15, -0.1) is 0 Å².